The van der Waals surface area contributed by atoms with E-state index in [9.17, 15) is 18.0 Å². The van der Waals surface area contributed by atoms with E-state index >= 15 is 0 Å². The van der Waals surface area contributed by atoms with Crippen LogP contribution in [0.3, 0.4) is 0 Å². The second-order valence-electron chi connectivity index (χ2n) is 8.01. The standard InChI is InChI=1S/C23H26ClN3O6S/c1-14-18-13-20(24)22(33-23(30)27(2)3)12-16(18)11-21(29)19(14)10-15-5-4-6-17(9-15)26-34(31,32)25-7-8-28/h4-6,9,12-13,25-26,28H,7-8,10-11H2,1-3H3. The molecule has 11 heteroatoms. The minimum atomic E-state index is -3.82. The van der Waals surface area contributed by atoms with E-state index in [1.54, 1.807) is 50.5 Å². The predicted octanol–water partition coefficient (Wildman–Crippen LogP) is 2.78. The van der Waals surface area contributed by atoms with Crippen LogP contribution in [0.4, 0.5) is 10.5 Å². The van der Waals surface area contributed by atoms with Crippen LogP contribution in [0.1, 0.15) is 23.6 Å². The number of hydrogen-bond acceptors (Lipinski definition) is 6. The van der Waals surface area contributed by atoms with Crippen molar-refractivity contribution in [3.63, 3.8) is 0 Å². The Kier molecular flexibility index (Phi) is 7.98. The third-order valence-corrected chi connectivity index (χ3v) is 6.61. The lowest BCUT2D eigenvalue weighted by Gasteiger charge is -2.22. The van der Waals surface area contributed by atoms with E-state index in [1.807, 2.05) is 6.92 Å². The number of halogens is 1. The first-order valence-corrected chi connectivity index (χ1v) is 12.3. The van der Waals surface area contributed by atoms with Gasteiger partial charge in [0.25, 0.3) is 10.2 Å². The molecule has 0 saturated carbocycles. The molecule has 0 bridgehead atoms. The molecular weight excluding hydrogens is 482 g/mol. The zero-order chi connectivity index (χ0) is 25.0. The Labute approximate surface area is 203 Å². The highest BCUT2D eigenvalue weighted by Gasteiger charge is 2.25. The molecule has 0 fully saturated rings. The summed E-state index contributed by atoms with van der Waals surface area (Å²) >= 11 is 6.35. The van der Waals surface area contributed by atoms with E-state index < -0.39 is 16.3 Å². The fourth-order valence-electron chi connectivity index (χ4n) is 3.56. The highest BCUT2D eigenvalue weighted by Crippen LogP contribution is 2.37. The van der Waals surface area contributed by atoms with E-state index in [2.05, 4.69) is 9.44 Å². The number of anilines is 1. The number of benzene rings is 2. The van der Waals surface area contributed by atoms with Crippen LogP contribution in [0.15, 0.2) is 42.0 Å². The van der Waals surface area contributed by atoms with Gasteiger partial charge in [-0.05, 0) is 53.5 Å². The van der Waals surface area contributed by atoms with Crippen molar-refractivity contribution in [2.24, 2.45) is 0 Å². The summed E-state index contributed by atoms with van der Waals surface area (Å²) in [5, 5.41) is 9.07. The van der Waals surface area contributed by atoms with Gasteiger partial charge in [-0.25, -0.2) is 4.79 Å². The lowest BCUT2D eigenvalue weighted by atomic mass is 9.83. The SMILES string of the molecule is CC1=C(Cc2cccc(NS(=O)(=O)NCCO)c2)C(=O)Cc2cc(OC(=O)N(C)C)c(Cl)cc21. The van der Waals surface area contributed by atoms with Crippen LogP contribution in [0.2, 0.25) is 5.02 Å². The Morgan fingerprint density at radius 2 is 1.97 bits per heavy atom. The quantitative estimate of drug-likeness (QED) is 0.504. The summed E-state index contributed by atoms with van der Waals surface area (Å²) in [7, 11) is -0.707. The number of nitrogens with one attached hydrogen (secondary N) is 2. The zero-order valence-corrected chi connectivity index (χ0v) is 20.6. The zero-order valence-electron chi connectivity index (χ0n) is 19.0. The highest BCUT2D eigenvalue weighted by atomic mass is 35.5. The Balaban J connectivity index is 1.87. The van der Waals surface area contributed by atoms with Gasteiger partial charge < -0.3 is 14.7 Å². The number of aliphatic hydroxyl groups is 1. The van der Waals surface area contributed by atoms with Gasteiger partial charge in [0.15, 0.2) is 11.5 Å². The average molecular weight is 508 g/mol. The molecule has 182 valence electrons. The Bertz CT molecular complexity index is 1260. The van der Waals surface area contributed by atoms with Crippen molar-refractivity contribution < 1.29 is 27.9 Å². The van der Waals surface area contributed by atoms with Gasteiger partial charge in [0.05, 0.1) is 17.3 Å². The molecule has 3 N–H and O–H groups in total. The summed E-state index contributed by atoms with van der Waals surface area (Å²) in [4.78, 5) is 26.2. The van der Waals surface area contributed by atoms with Crippen molar-refractivity contribution in [1.82, 2.24) is 9.62 Å². The van der Waals surface area contributed by atoms with Gasteiger partial charge in [-0.1, -0.05) is 23.7 Å². The maximum Gasteiger partial charge on any atom is 0.414 e. The number of Topliss-reactive ketones (excluding diaryl/α,β-unsaturated/α-hetero) is 1. The molecule has 0 radical (unpaired) electrons. The molecule has 2 aromatic carbocycles. The van der Waals surface area contributed by atoms with Gasteiger partial charge in [-0.2, -0.15) is 13.1 Å². The van der Waals surface area contributed by atoms with Gasteiger partial charge in [-0.15, -0.1) is 0 Å². The van der Waals surface area contributed by atoms with Crippen LogP contribution in [0, 0.1) is 0 Å². The summed E-state index contributed by atoms with van der Waals surface area (Å²) in [5.74, 6) is 0.116. The largest absolute Gasteiger partial charge is 0.414 e. The number of carbonyl (C=O) groups excluding carboxylic acids is 2. The summed E-state index contributed by atoms with van der Waals surface area (Å²) in [6.45, 7) is 1.41. The van der Waals surface area contributed by atoms with Gasteiger partial charge in [0, 0.05) is 39.1 Å². The predicted molar refractivity (Wildman–Crippen MR) is 130 cm³/mol. The molecule has 0 saturated heterocycles. The number of carbonyl (C=O) groups is 2. The molecule has 34 heavy (non-hydrogen) atoms. The first-order chi connectivity index (χ1) is 16.0. The molecule has 0 atom stereocenters. The fraction of sp³-hybridized carbons (Fsp3) is 0.304. The van der Waals surface area contributed by atoms with Crippen molar-refractivity contribution in [3.8, 4) is 5.75 Å². The second-order valence-corrected chi connectivity index (χ2v) is 9.91. The normalized spacial score (nSPS) is 13.5. The number of allylic oxidation sites excluding steroid dienone is 2. The monoisotopic (exact) mass is 507 g/mol. The van der Waals surface area contributed by atoms with Crippen LogP contribution in [0.5, 0.6) is 5.75 Å². The lowest BCUT2D eigenvalue weighted by molar-refractivity contribution is -0.115. The molecule has 3 rings (SSSR count). The van der Waals surface area contributed by atoms with Crippen LogP contribution in [-0.2, 0) is 27.8 Å². The number of ketones is 1. The van der Waals surface area contributed by atoms with Crippen LogP contribution in [-0.4, -0.2) is 57.5 Å². The minimum absolute atomic E-state index is 0.0761. The van der Waals surface area contributed by atoms with E-state index in [0.29, 0.717) is 23.2 Å². The molecule has 1 aliphatic carbocycles. The van der Waals surface area contributed by atoms with Crippen LogP contribution < -0.4 is 14.2 Å². The van der Waals surface area contributed by atoms with E-state index in [-0.39, 0.29) is 36.1 Å². The molecule has 1 amide bonds. The highest BCUT2D eigenvalue weighted by molar-refractivity contribution is 7.90. The Morgan fingerprint density at radius 1 is 1.24 bits per heavy atom. The summed E-state index contributed by atoms with van der Waals surface area (Å²) in [5.41, 5.74) is 3.95. The third-order valence-electron chi connectivity index (χ3n) is 5.23. The Morgan fingerprint density at radius 3 is 2.65 bits per heavy atom. The van der Waals surface area contributed by atoms with Gasteiger partial charge in [0.2, 0.25) is 0 Å². The first kappa shape index (κ1) is 25.7. The number of fused-ring (bicyclic) bond motifs is 1. The minimum Gasteiger partial charge on any atom is -0.409 e. The van der Waals surface area contributed by atoms with Crippen molar-refractivity contribution in [1.29, 1.82) is 0 Å². The van der Waals surface area contributed by atoms with E-state index in [4.69, 9.17) is 21.4 Å². The molecule has 2 aromatic rings. The van der Waals surface area contributed by atoms with Gasteiger partial charge >= 0.3 is 6.09 Å². The molecule has 0 aliphatic heterocycles. The average Bonchev–Trinajstić information content (AvgIpc) is 2.76. The molecule has 0 spiro atoms. The lowest BCUT2D eigenvalue weighted by Crippen LogP contribution is -2.32. The molecule has 0 aromatic heterocycles. The van der Waals surface area contributed by atoms with Gasteiger partial charge in [0.1, 0.15) is 0 Å². The van der Waals surface area contributed by atoms with E-state index in [1.165, 1.54) is 4.90 Å². The Hall–Kier alpha value is -2.92. The number of rotatable bonds is 8. The van der Waals surface area contributed by atoms with Crippen molar-refractivity contribution in [2.75, 3.05) is 32.0 Å². The van der Waals surface area contributed by atoms with Crippen molar-refractivity contribution >= 4 is 44.9 Å². The van der Waals surface area contributed by atoms with Crippen LogP contribution >= 0.6 is 11.6 Å². The molecular formula is C23H26ClN3O6S. The smallest absolute Gasteiger partial charge is 0.409 e. The molecule has 0 unspecified atom stereocenters. The topological polar surface area (TPSA) is 125 Å². The summed E-state index contributed by atoms with van der Waals surface area (Å²) in [6, 6.07) is 10.0. The second kappa shape index (κ2) is 10.6. The number of nitrogens with zero attached hydrogens (tertiary/aromatic N) is 1. The summed E-state index contributed by atoms with van der Waals surface area (Å²) in [6.07, 6.45) is -0.138. The van der Waals surface area contributed by atoms with Crippen LogP contribution in [0.25, 0.3) is 5.57 Å². The summed E-state index contributed by atoms with van der Waals surface area (Å²) < 4.78 is 33.9. The molecule has 0 heterocycles. The molecule has 9 nitrogen and oxygen atoms in total. The van der Waals surface area contributed by atoms with Crippen molar-refractivity contribution in [2.45, 2.75) is 19.8 Å². The first-order valence-electron chi connectivity index (χ1n) is 10.4. The number of aliphatic hydroxyl groups excluding tert-OH is 1. The third kappa shape index (κ3) is 6.15. The number of ether oxygens (including phenoxy) is 1. The van der Waals surface area contributed by atoms with Crippen molar-refractivity contribution in [3.05, 3.63) is 63.7 Å². The maximum atomic E-state index is 13.0. The van der Waals surface area contributed by atoms with E-state index in [0.717, 1.165) is 16.7 Å². The number of amides is 1. The maximum absolute atomic E-state index is 13.0. The van der Waals surface area contributed by atoms with Gasteiger partial charge in [-0.3, -0.25) is 9.52 Å². The molecule has 1 aliphatic rings. The fourth-order valence-corrected chi connectivity index (χ4v) is 4.63. The number of hydrogen-bond donors (Lipinski definition) is 3.